The van der Waals surface area contributed by atoms with Crippen LogP contribution in [0.2, 0.25) is 10.0 Å². The van der Waals surface area contributed by atoms with E-state index in [1.807, 2.05) is 0 Å². The highest BCUT2D eigenvalue weighted by Crippen LogP contribution is 2.31. The number of anilines is 1. The van der Waals surface area contributed by atoms with Crippen molar-refractivity contribution < 1.29 is 17.9 Å². The Morgan fingerprint density at radius 1 is 0.976 bits per heavy atom. The van der Waals surface area contributed by atoms with Gasteiger partial charge in [-0.25, -0.2) is 8.42 Å². The number of rotatable bonds is 8. The lowest BCUT2D eigenvalue weighted by molar-refractivity contribution is 0.0674. The summed E-state index contributed by atoms with van der Waals surface area (Å²) < 4.78 is 35.0. The lowest BCUT2D eigenvalue weighted by Crippen LogP contribution is -2.40. The first-order valence-electron chi connectivity index (χ1n) is 13.4. The third kappa shape index (κ3) is 7.22. The van der Waals surface area contributed by atoms with Crippen molar-refractivity contribution in [1.82, 2.24) is 4.90 Å². The summed E-state index contributed by atoms with van der Waals surface area (Å²) in [7, 11) is -4.01. The molecule has 212 valence electrons. The number of nitrogens with zero attached hydrogens (tertiary/aromatic N) is 1. The molecule has 1 heterocycles. The van der Waals surface area contributed by atoms with Gasteiger partial charge in [-0.05, 0) is 92.3 Å². The minimum absolute atomic E-state index is 0.0218. The van der Waals surface area contributed by atoms with Crippen molar-refractivity contribution in [2.45, 2.75) is 31.1 Å². The first kappa shape index (κ1) is 29.0. The molecule has 1 saturated heterocycles. The molecule has 0 aromatic heterocycles. The van der Waals surface area contributed by atoms with Crippen molar-refractivity contribution >= 4 is 44.8 Å². The number of carbonyl (C=O) groups excluding carboxylic acids is 1. The van der Waals surface area contributed by atoms with Gasteiger partial charge in [0.1, 0.15) is 11.5 Å². The fourth-order valence-electron chi connectivity index (χ4n) is 4.97. The van der Waals surface area contributed by atoms with Crippen LogP contribution < -0.4 is 9.46 Å². The molecule has 1 fully saturated rings. The van der Waals surface area contributed by atoms with E-state index in [-0.39, 0.29) is 22.1 Å². The van der Waals surface area contributed by atoms with E-state index in [4.69, 9.17) is 27.9 Å². The number of amides is 1. The molecule has 1 atom stereocenters. The summed E-state index contributed by atoms with van der Waals surface area (Å²) >= 11 is 12.4. The van der Waals surface area contributed by atoms with Crippen LogP contribution in [0.3, 0.4) is 0 Å². The molecule has 5 rings (SSSR count). The van der Waals surface area contributed by atoms with Crippen molar-refractivity contribution in [3.05, 3.63) is 118 Å². The molecule has 9 heteroatoms. The van der Waals surface area contributed by atoms with E-state index >= 15 is 0 Å². The number of hydrogen-bond acceptors (Lipinski definition) is 4. The second-order valence-corrected chi connectivity index (χ2v) is 12.8. The molecule has 4 aromatic carbocycles. The average Bonchev–Trinajstić information content (AvgIpc) is 2.96. The van der Waals surface area contributed by atoms with Gasteiger partial charge in [-0.3, -0.25) is 9.52 Å². The number of aryl methyl sites for hydroxylation is 1. The van der Waals surface area contributed by atoms with E-state index in [1.165, 1.54) is 35.4 Å². The van der Waals surface area contributed by atoms with Crippen LogP contribution in [0.4, 0.5) is 5.69 Å². The van der Waals surface area contributed by atoms with Gasteiger partial charge in [0.05, 0.1) is 21.2 Å². The molecule has 6 nitrogen and oxygen atoms in total. The van der Waals surface area contributed by atoms with Gasteiger partial charge in [0.15, 0.2) is 0 Å². The Bertz CT molecular complexity index is 1640. The largest absolute Gasteiger partial charge is 0.456 e. The number of nitrogens with one attached hydrogen (secondary N) is 1. The SMILES string of the molecule is Cc1ccc(C[C@H]2CCCN(C(=O)c3cc(Cl)ccc3NS(=O)(=O)c3ccc(Oc4ccccc4Cl)cc3)C2)cc1. The molecule has 0 saturated carbocycles. The summed E-state index contributed by atoms with van der Waals surface area (Å²) in [6.45, 7) is 3.26. The summed E-state index contributed by atoms with van der Waals surface area (Å²) in [6, 6.07) is 26.1. The molecule has 0 bridgehead atoms. The third-order valence-electron chi connectivity index (χ3n) is 7.11. The standard InChI is InChI=1S/C32H30Cl2N2O4S/c1-22-8-10-23(11-9-22)19-24-5-4-18-36(21-24)32(37)28-20-25(33)12-17-30(28)35-41(38,39)27-15-13-26(14-16-27)40-31-7-3-2-6-29(31)34/h2-3,6-17,20,24,35H,4-5,18-19,21H2,1H3/t24-/m1/s1. The minimum Gasteiger partial charge on any atom is -0.456 e. The van der Waals surface area contributed by atoms with Crippen LogP contribution in [-0.4, -0.2) is 32.3 Å². The first-order valence-corrected chi connectivity index (χ1v) is 15.6. The smallest absolute Gasteiger partial charge is 0.261 e. The van der Waals surface area contributed by atoms with Crippen LogP contribution in [0, 0.1) is 12.8 Å². The number of likely N-dealkylation sites (tertiary alicyclic amines) is 1. The zero-order chi connectivity index (χ0) is 29.0. The Hall–Kier alpha value is -3.52. The second kappa shape index (κ2) is 12.6. The van der Waals surface area contributed by atoms with Gasteiger partial charge in [-0.2, -0.15) is 0 Å². The van der Waals surface area contributed by atoms with Crippen LogP contribution in [0.25, 0.3) is 0 Å². The van der Waals surface area contributed by atoms with Crippen molar-refractivity contribution in [3.8, 4) is 11.5 Å². The summed E-state index contributed by atoms with van der Waals surface area (Å²) in [5.74, 6) is 0.972. The van der Waals surface area contributed by atoms with E-state index in [0.717, 1.165) is 19.3 Å². The number of hydrogen-bond donors (Lipinski definition) is 1. The zero-order valence-electron chi connectivity index (χ0n) is 22.5. The third-order valence-corrected chi connectivity index (χ3v) is 9.03. The molecule has 1 amide bonds. The number of para-hydroxylation sites is 1. The molecule has 41 heavy (non-hydrogen) atoms. The highest BCUT2D eigenvalue weighted by molar-refractivity contribution is 7.92. The van der Waals surface area contributed by atoms with E-state index < -0.39 is 10.0 Å². The van der Waals surface area contributed by atoms with E-state index in [0.29, 0.717) is 40.6 Å². The number of benzene rings is 4. The summed E-state index contributed by atoms with van der Waals surface area (Å²) in [4.78, 5) is 15.5. The average molecular weight is 610 g/mol. The number of halogens is 2. The van der Waals surface area contributed by atoms with Crippen LogP contribution >= 0.6 is 23.2 Å². The van der Waals surface area contributed by atoms with Gasteiger partial charge in [0.2, 0.25) is 0 Å². The molecule has 0 radical (unpaired) electrons. The Labute approximate surface area is 250 Å². The summed E-state index contributed by atoms with van der Waals surface area (Å²) in [5.41, 5.74) is 2.85. The van der Waals surface area contributed by atoms with Crippen LogP contribution in [0.1, 0.15) is 34.3 Å². The topological polar surface area (TPSA) is 75.7 Å². The normalized spacial score (nSPS) is 15.4. The van der Waals surface area contributed by atoms with Gasteiger partial charge in [-0.15, -0.1) is 0 Å². The maximum absolute atomic E-state index is 13.7. The van der Waals surface area contributed by atoms with Gasteiger partial charge in [-0.1, -0.05) is 65.2 Å². The molecule has 1 aliphatic rings. The van der Waals surface area contributed by atoms with Crippen LogP contribution in [0.15, 0.2) is 95.9 Å². The van der Waals surface area contributed by atoms with Gasteiger partial charge < -0.3 is 9.64 Å². The van der Waals surface area contributed by atoms with Crippen LogP contribution in [-0.2, 0) is 16.4 Å². The Kier molecular flexibility index (Phi) is 8.88. The number of piperidine rings is 1. The number of ether oxygens (including phenoxy) is 1. The van der Waals surface area contributed by atoms with Crippen LogP contribution in [0.5, 0.6) is 11.5 Å². The number of carbonyl (C=O) groups is 1. The van der Waals surface area contributed by atoms with Gasteiger partial charge in [0, 0.05) is 18.1 Å². The predicted octanol–water partition coefficient (Wildman–Crippen LogP) is 7.99. The molecule has 0 unspecified atom stereocenters. The molecule has 1 aliphatic heterocycles. The second-order valence-electron chi connectivity index (χ2n) is 10.2. The predicted molar refractivity (Wildman–Crippen MR) is 164 cm³/mol. The maximum atomic E-state index is 13.7. The summed E-state index contributed by atoms with van der Waals surface area (Å²) in [6.07, 6.45) is 2.80. The molecule has 4 aromatic rings. The van der Waals surface area contributed by atoms with Crippen molar-refractivity contribution in [3.63, 3.8) is 0 Å². The molecule has 1 N–H and O–H groups in total. The fraction of sp³-hybridized carbons (Fsp3) is 0.219. The maximum Gasteiger partial charge on any atom is 0.261 e. The lowest BCUT2D eigenvalue weighted by Gasteiger charge is -2.33. The Balaban J connectivity index is 1.31. The highest BCUT2D eigenvalue weighted by Gasteiger charge is 2.27. The molecular formula is C32H30Cl2N2O4S. The monoisotopic (exact) mass is 608 g/mol. The van der Waals surface area contributed by atoms with Crippen molar-refractivity contribution in [2.75, 3.05) is 17.8 Å². The quantitative estimate of drug-likeness (QED) is 0.220. The Morgan fingerprint density at radius 3 is 2.44 bits per heavy atom. The van der Waals surface area contributed by atoms with Gasteiger partial charge in [0.25, 0.3) is 15.9 Å². The van der Waals surface area contributed by atoms with E-state index in [9.17, 15) is 13.2 Å². The van der Waals surface area contributed by atoms with Crippen molar-refractivity contribution in [2.24, 2.45) is 5.92 Å². The first-order chi connectivity index (χ1) is 19.7. The molecule has 0 aliphatic carbocycles. The molecular weight excluding hydrogens is 579 g/mol. The highest BCUT2D eigenvalue weighted by atomic mass is 35.5. The Morgan fingerprint density at radius 2 is 1.71 bits per heavy atom. The zero-order valence-corrected chi connectivity index (χ0v) is 24.8. The van der Waals surface area contributed by atoms with E-state index in [1.54, 1.807) is 47.4 Å². The van der Waals surface area contributed by atoms with Crippen molar-refractivity contribution in [1.29, 1.82) is 0 Å². The van der Waals surface area contributed by atoms with E-state index in [2.05, 4.69) is 35.9 Å². The molecule has 0 spiro atoms. The lowest BCUT2D eigenvalue weighted by atomic mass is 9.90. The van der Waals surface area contributed by atoms with Gasteiger partial charge >= 0.3 is 0 Å². The number of sulfonamides is 1. The summed E-state index contributed by atoms with van der Waals surface area (Å²) in [5, 5.41) is 0.798. The fourth-order valence-corrected chi connectivity index (χ4v) is 6.40. The minimum atomic E-state index is -4.01.